The molecule has 0 aromatic carbocycles. The number of halogens is 1. The first-order valence-electron chi connectivity index (χ1n) is 4.55. The van der Waals surface area contributed by atoms with Gasteiger partial charge in [0.1, 0.15) is 6.10 Å². The van der Waals surface area contributed by atoms with Crippen LogP contribution >= 0.6 is 0 Å². The average molecular weight is 181 g/mol. The van der Waals surface area contributed by atoms with E-state index in [1.54, 1.807) is 6.07 Å². The fourth-order valence-corrected chi connectivity index (χ4v) is 1.31. The van der Waals surface area contributed by atoms with E-state index in [2.05, 4.69) is 4.98 Å². The number of aryl methyl sites for hydroxylation is 1. The summed E-state index contributed by atoms with van der Waals surface area (Å²) < 4.78 is 18.3. The maximum Gasteiger partial charge on any atom is 0.216 e. The lowest BCUT2D eigenvalue weighted by Gasteiger charge is -2.25. The van der Waals surface area contributed by atoms with Gasteiger partial charge in [0, 0.05) is 6.07 Å². The Labute approximate surface area is 76.7 Å². The van der Waals surface area contributed by atoms with Crippen LogP contribution in [-0.2, 0) is 0 Å². The summed E-state index contributed by atoms with van der Waals surface area (Å²) in [5.74, 6) is -0.0449. The second-order valence-corrected chi connectivity index (χ2v) is 3.48. The monoisotopic (exact) mass is 181 g/mol. The first-order valence-corrected chi connectivity index (χ1v) is 4.55. The smallest absolute Gasteiger partial charge is 0.216 e. The van der Waals surface area contributed by atoms with Crippen LogP contribution in [0.3, 0.4) is 0 Å². The van der Waals surface area contributed by atoms with Crippen LogP contribution in [0, 0.1) is 12.9 Å². The Morgan fingerprint density at radius 1 is 1.46 bits per heavy atom. The van der Waals surface area contributed by atoms with Crippen molar-refractivity contribution in [2.75, 3.05) is 0 Å². The van der Waals surface area contributed by atoms with Crippen LogP contribution in [0.5, 0.6) is 5.88 Å². The van der Waals surface area contributed by atoms with Gasteiger partial charge >= 0.3 is 0 Å². The van der Waals surface area contributed by atoms with Gasteiger partial charge in [0.2, 0.25) is 11.8 Å². The molecule has 2 rings (SSSR count). The van der Waals surface area contributed by atoms with E-state index in [9.17, 15) is 4.39 Å². The van der Waals surface area contributed by atoms with Gasteiger partial charge in [-0.1, -0.05) is 0 Å². The molecule has 0 N–H and O–H groups in total. The molecule has 13 heavy (non-hydrogen) atoms. The summed E-state index contributed by atoms with van der Waals surface area (Å²) in [6, 6.07) is 3.16. The second-order valence-electron chi connectivity index (χ2n) is 3.48. The summed E-state index contributed by atoms with van der Waals surface area (Å²) in [7, 11) is 0. The highest BCUT2D eigenvalue weighted by molar-refractivity contribution is 5.20. The van der Waals surface area contributed by atoms with Crippen molar-refractivity contribution in [3.63, 3.8) is 0 Å². The Balaban J connectivity index is 2.10. The molecule has 1 heterocycles. The number of aromatic nitrogens is 1. The van der Waals surface area contributed by atoms with Crippen LogP contribution in [0.1, 0.15) is 24.8 Å². The Kier molecular flexibility index (Phi) is 2.17. The Bertz CT molecular complexity index is 290. The molecule has 70 valence electrons. The zero-order chi connectivity index (χ0) is 9.26. The third-order valence-corrected chi connectivity index (χ3v) is 2.25. The summed E-state index contributed by atoms with van der Waals surface area (Å²) in [5, 5.41) is 0. The molecule has 1 aliphatic rings. The highest BCUT2D eigenvalue weighted by atomic mass is 19.1. The topological polar surface area (TPSA) is 22.1 Å². The van der Waals surface area contributed by atoms with Gasteiger partial charge in [0.15, 0.2) is 0 Å². The van der Waals surface area contributed by atoms with Crippen molar-refractivity contribution in [1.82, 2.24) is 4.98 Å². The van der Waals surface area contributed by atoms with E-state index < -0.39 is 5.95 Å². The fourth-order valence-electron chi connectivity index (χ4n) is 1.31. The first kappa shape index (κ1) is 8.48. The van der Waals surface area contributed by atoms with Gasteiger partial charge in [-0.3, -0.25) is 0 Å². The minimum absolute atomic E-state index is 0.258. The predicted octanol–water partition coefficient (Wildman–Crippen LogP) is 2.46. The van der Waals surface area contributed by atoms with Gasteiger partial charge in [-0.2, -0.15) is 9.37 Å². The van der Waals surface area contributed by atoms with Crippen LogP contribution < -0.4 is 4.74 Å². The molecule has 0 bridgehead atoms. The van der Waals surface area contributed by atoms with Gasteiger partial charge < -0.3 is 4.74 Å². The molecule has 1 aliphatic carbocycles. The molecule has 2 nitrogen and oxygen atoms in total. The first-order chi connectivity index (χ1) is 6.24. The SMILES string of the molecule is Cc1cc(F)nc(OC2CCC2)c1. The van der Waals surface area contributed by atoms with Crippen molar-refractivity contribution in [1.29, 1.82) is 0 Å². The number of nitrogens with zero attached hydrogens (tertiary/aromatic N) is 1. The molecule has 0 amide bonds. The number of pyridine rings is 1. The van der Waals surface area contributed by atoms with E-state index in [1.807, 2.05) is 6.92 Å². The number of rotatable bonds is 2. The average Bonchev–Trinajstić information content (AvgIpc) is 1.95. The molecule has 0 unspecified atom stereocenters. The normalized spacial score (nSPS) is 16.8. The molecule has 0 atom stereocenters. The van der Waals surface area contributed by atoms with E-state index >= 15 is 0 Å². The van der Waals surface area contributed by atoms with Crippen LogP contribution in [0.25, 0.3) is 0 Å². The maximum absolute atomic E-state index is 12.8. The largest absolute Gasteiger partial charge is 0.474 e. The van der Waals surface area contributed by atoms with Gasteiger partial charge in [-0.05, 0) is 37.8 Å². The Morgan fingerprint density at radius 3 is 2.77 bits per heavy atom. The molecule has 1 saturated carbocycles. The minimum Gasteiger partial charge on any atom is -0.474 e. The lowest BCUT2D eigenvalue weighted by Crippen LogP contribution is -2.25. The zero-order valence-electron chi connectivity index (χ0n) is 7.59. The molecular formula is C10H12FNO. The van der Waals surface area contributed by atoms with Crippen molar-refractivity contribution in [2.45, 2.75) is 32.3 Å². The quantitative estimate of drug-likeness (QED) is 0.654. The molecule has 0 saturated heterocycles. The van der Waals surface area contributed by atoms with Crippen LogP contribution in [-0.4, -0.2) is 11.1 Å². The van der Waals surface area contributed by atoms with Gasteiger partial charge in [0.05, 0.1) is 0 Å². The lowest BCUT2D eigenvalue weighted by molar-refractivity contribution is 0.113. The maximum atomic E-state index is 12.8. The molecule has 1 aromatic rings. The van der Waals surface area contributed by atoms with Gasteiger partial charge in [-0.15, -0.1) is 0 Å². The van der Waals surface area contributed by atoms with Gasteiger partial charge in [0.25, 0.3) is 0 Å². The Hall–Kier alpha value is -1.12. The van der Waals surface area contributed by atoms with E-state index in [1.165, 1.54) is 12.5 Å². The molecule has 0 aliphatic heterocycles. The summed E-state index contributed by atoms with van der Waals surface area (Å²) >= 11 is 0. The van der Waals surface area contributed by atoms with E-state index in [4.69, 9.17) is 4.74 Å². The predicted molar refractivity (Wildman–Crippen MR) is 47.2 cm³/mol. The number of hydrogen-bond donors (Lipinski definition) is 0. The molecule has 1 aromatic heterocycles. The third-order valence-electron chi connectivity index (χ3n) is 2.25. The summed E-state index contributed by atoms with van der Waals surface area (Å²) in [4.78, 5) is 3.67. The molecule has 0 radical (unpaired) electrons. The standard InChI is InChI=1S/C10H12FNO/c1-7-5-9(11)12-10(6-7)13-8-3-2-4-8/h5-6,8H,2-4H2,1H3. The summed E-state index contributed by atoms with van der Waals surface area (Å²) in [6.07, 6.45) is 3.60. The van der Waals surface area contributed by atoms with E-state index in [-0.39, 0.29) is 6.10 Å². The summed E-state index contributed by atoms with van der Waals surface area (Å²) in [5.41, 5.74) is 0.849. The lowest BCUT2D eigenvalue weighted by atomic mass is 9.96. The third kappa shape index (κ3) is 1.97. The molecule has 1 fully saturated rings. The van der Waals surface area contributed by atoms with Crippen molar-refractivity contribution in [3.05, 3.63) is 23.6 Å². The molecular weight excluding hydrogens is 169 g/mol. The van der Waals surface area contributed by atoms with Crippen LogP contribution in [0.4, 0.5) is 4.39 Å². The fraction of sp³-hybridized carbons (Fsp3) is 0.500. The van der Waals surface area contributed by atoms with E-state index in [0.29, 0.717) is 5.88 Å². The van der Waals surface area contributed by atoms with Gasteiger partial charge in [-0.25, -0.2) is 0 Å². The second kappa shape index (κ2) is 3.32. The number of ether oxygens (including phenoxy) is 1. The number of hydrogen-bond acceptors (Lipinski definition) is 2. The molecule has 0 spiro atoms. The van der Waals surface area contributed by atoms with Crippen molar-refractivity contribution >= 4 is 0 Å². The highest BCUT2D eigenvalue weighted by Gasteiger charge is 2.19. The van der Waals surface area contributed by atoms with Crippen LogP contribution in [0.15, 0.2) is 12.1 Å². The van der Waals surface area contributed by atoms with Crippen molar-refractivity contribution < 1.29 is 9.13 Å². The van der Waals surface area contributed by atoms with E-state index in [0.717, 1.165) is 18.4 Å². The van der Waals surface area contributed by atoms with Crippen molar-refractivity contribution in [3.8, 4) is 5.88 Å². The highest BCUT2D eigenvalue weighted by Crippen LogP contribution is 2.24. The molecule has 3 heteroatoms. The van der Waals surface area contributed by atoms with Crippen molar-refractivity contribution in [2.24, 2.45) is 0 Å². The Morgan fingerprint density at radius 2 is 2.23 bits per heavy atom. The minimum atomic E-state index is -0.464. The summed E-state index contributed by atoms with van der Waals surface area (Å²) in [6.45, 7) is 1.83. The zero-order valence-corrected chi connectivity index (χ0v) is 7.59. The van der Waals surface area contributed by atoms with Crippen LogP contribution in [0.2, 0.25) is 0 Å².